The van der Waals surface area contributed by atoms with E-state index in [1.165, 1.54) is 5.56 Å². The van der Waals surface area contributed by atoms with Crippen LogP contribution in [0.2, 0.25) is 0 Å². The maximum atomic E-state index is 13.2. The number of carbonyl (C=O) groups is 1. The second kappa shape index (κ2) is 6.09. The summed E-state index contributed by atoms with van der Waals surface area (Å²) in [6, 6.07) is 15.7. The van der Waals surface area contributed by atoms with Gasteiger partial charge in [-0.1, -0.05) is 31.2 Å². The number of nitrogens with one attached hydrogen (secondary N) is 1. The first-order valence-corrected chi connectivity index (χ1v) is 8.45. The van der Waals surface area contributed by atoms with Crippen LogP contribution in [0, 0.1) is 0 Å². The lowest BCUT2D eigenvalue weighted by Crippen LogP contribution is -2.29. The summed E-state index contributed by atoms with van der Waals surface area (Å²) in [5.41, 5.74) is 4.70. The van der Waals surface area contributed by atoms with Crippen LogP contribution >= 0.6 is 0 Å². The number of anilines is 3. The first kappa shape index (κ1) is 15.4. The Morgan fingerprint density at radius 1 is 1.16 bits per heavy atom. The third kappa shape index (κ3) is 2.67. The van der Waals surface area contributed by atoms with E-state index in [-0.39, 0.29) is 5.91 Å². The van der Waals surface area contributed by atoms with Gasteiger partial charge in [0, 0.05) is 18.2 Å². The van der Waals surface area contributed by atoms with Gasteiger partial charge in [0.05, 0.1) is 24.1 Å². The molecule has 1 amide bonds. The molecular formula is C20H20N4O. The van der Waals surface area contributed by atoms with Crippen molar-refractivity contribution in [2.75, 3.05) is 10.2 Å². The molecular weight excluding hydrogens is 312 g/mol. The fraction of sp³-hybridized carbons (Fsp3) is 0.200. The lowest BCUT2D eigenvalue weighted by Gasteiger charge is -2.22. The molecule has 0 radical (unpaired) electrons. The summed E-state index contributed by atoms with van der Waals surface area (Å²) in [4.78, 5) is 15.0. The summed E-state index contributed by atoms with van der Waals surface area (Å²) in [7, 11) is 1.90. The van der Waals surface area contributed by atoms with Crippen molar-refractivity contribution < 1.29 is 4.79 Å². The number of aromatic nitrogens is 2. The quantitative estimate of drug-likeness (QED) is 0.774. The van der Waals surface area contributed by atoms with Crippen molar-refractivity contribution >= 4 is 23.1 Å². The topological polar surface area (TPSA) is 50.2 Å². The number of nitrogens with zero attached hydrogens (tertiary/aromatic N) is 3. The van der Waals surface area contributed by atoms with E-state index in [2.05, 4.69) is 17.3 Å². The number of fused-ring (bicyclic) bond motifs is 2. The molecule has 1 aliphatic rings. The zero-order valence-corrected chi connectivity index (χ0v) is 14.4. The normalized spacial score (nSPS) is 12.8. The fourth-order valence-electron chi connectivity index (χ4n) is 3.18. The van der Waals surface area contributed by atoms with Crippen LogP contribution < -0.4 is 10.2 Å². The highest BCUT2D eigenvalue weighted by molar-refractivity contribution is 6.08. The maximum Gasteiger partial charge on any atom is 0.258 e. The van der Waals surface area contributed by atoms with Crippen LogP contribution in [0.3, 0.4) is 0 Å². The first-order valence-electron chi connectivity index (χ1n) is 8.45. The van der Waals surface area contributed by atoms with Gasteiger partial charge in [0.25, 0.3) is 5.91 Å². The molecule has 1 N–H and O–H groups in total. The van der Waals surface area contributed by atoms with Gasteiger partial charge in [0.1, 0.15) is 5.82 Å². The highest BCUT2D eigenvalue weighted by Crippen LogP contribution is 2.36. The highest BCUT2D eigenvalue weighted by atomic mass is 16.2. The van der Waals surface area contributed by atoms with Crippen molar-refractivity contribution in [3.8, 4) is 0 Å². The summed E-state index contributed by atoms with van der Waals surface area (Å²) in [6.07, 6.45) is 2.78. The van der Waals surface area contributed by atoms with Crippen LogP contribution in [0.15, 0.2) is 54.7 Å². The van der Waals surface area contributed by atoms with Gasteiger partial charge < -0.3 is 10.2 Å². The monoisotopic (exact) mass is 332 g/mol. The zero-order valence-electron chi connectivity index (χ0n) is 14.4. The molecule has 25 heavy (non-hydrogen) atoms. The average Bonchev–Trinajstić information content (AvgIpc) is 2.90. The number of amides is 1. The Balaban J connectivity index is 1.78. The largest absolute Gasteiger partial charge is 0.338 e. The predicted octanol–water partition coefficient (Wildman–Crippen LogP) is 3.89. The van der Waals surface area contributed by atoms with Crippen molar-refractivity contribution in [3.63, 3.8) is 0 Å². The van der Waals surface area contributed by atoms with Gasteiger partial charge in [0.15, 0.2) is 0 Å². The van der Waals surface area contributed by atoms with Crippen molar-refractivity contribution in [2.24, 2.45) is 7.05 Å². The van der Waals surface area contributed by atoms with E-state index in [0.29, 0.717) is 12.1 Å². The molecule has 0 bridgehead atoms. The molecule has 2 aromatic carbocycles. The van der Waals surface area contributed by atoms with Gasteiger partial charge in [-0.25, -0.2) is 0 Å². The Morgan fingerprint density at radius 3 is 2.68 bits per heavy atom. The minimum absolute atomic E-state index is 0.00592. The Kier molecular flexibility index (Phi) is 3.76. The molecule has 2 heterocycles. The standard InChI is InChI=1S/C20H20N4O/c1-3-14-8-10-15(11-9-14)20(25)24-13-16-12-21-23(2)19(16)22-17-6-4-5-7-18(17)24/h4-12,22H,3,13H2,1-2H3. The predicted molar refractivity (Wildman–Crippen MR) is 99.3 cm³/mol. The molecule has 1 aliphatic heterocycles. The molecule has 5 nitrogen and oxygen atoms in total. The van der Waals surface area contributed by atoms with Gasteiger partial charge >= 0.3 is 0 Å². The average molecular weight is 332 g/mol. The van der Waals surface area contributed by atoms with Crippen molar-refractivity contribution in [2.45, 2.75) is 19.9 Å². The van der Waals surface area contributed by atoms with E-state index in [4.69, 9.17) is 0 Å². The molecule has 0 saturated carbocycles. The number of carbonyl (C=O) groups excluding carboxylic acids is 1. The third-order valence-corrected chi connectivity index (χ3v) is 4.65. The van der Waals surface area contributed by atoms with E-state index in [1.807, 2.05) is 66.7 Å². The number of hydrogen-bond donors (Lipinski definition) is 1. The molecule has 1 aromatic heterocycles. The summed E-state index contributed by atoms with van der Waals surface area (Å²) >= 11 is 0. The summed E-state index contributed by atoms with van der Waals surface area (Å²) in [6.45, 7) is 2.60. The molecule has 0 aliphatic carbocycles. The fourth-order valence-corrected chi connectivity index (χ4v) is 3.18. The molecule has 0 fully saturated rings. The van der Waals surface area contributed by atoms with Gasteiger partial charge in [0.2, 0.25) is 0 Å². The lowest BCUT2D eigenvalue weighted by atomic mass is 10.1. The Hall–Kier alpha value is -3.08. The second-order valence-corrected chi connectivity index (χ2v) is 6.23. The smallest absolute Gasteiger partial charge is 0.258 e. The number of para-hydroxylation sites is 2. The summed E-state index contributed by atoms with van der Waals surface area (Å²) < 4.78 is 1.80. The number of rotatable bonds is 2. The van der Waals surface area contributed by atoms with Crippen molar-refractivity contribution in [1.82, 2.24) is 9.78 Å². The summed E-state index contributed by atoms with van der Waals surface area (Å²) in [5, 5.41) is 7.73. The van der Waals surface area contributed by atoms with Gasteiger partial charge in [-0.15, -0.1) is 0 Å². The molecule has 3 aromatic rings. The third-order valence-electron chi connectivity index (χ3n) is 4.65. The molecule has 0 unspecified atom stereocenters. The van der Waals surface area contributed by atoms with Gasteiger partial charge in [-0.3, -0.25) is 9.48 Å². The van der Waals surface area contributed by atoms with Gasteiger partial charge in [-0.05, 0) is 36.2 Å². The van der Waals surface area contributed by atoms with Crippen LogP contribution in [0.25, 0.3) is 0 Å². The van der Waals surface area contributed by atoms with Crippen LogP contribution in [0.1, 0.15) is 28.4 Å². The Bertz CT molecular complexity index is 927. The lowest BCUT2D eigenvalue weighted by molar-refractivity contribution is 0.0985. The minimum Gasteiger partial charge on any atom is -0.338 e. The minimum atomic E-state index is -0.00592. The molecule has 5 heteroatoms. The maximum absolute atomic E-state index is 13.2. The van der Waals surface area contributed by atoms with Gasteiger partial charge in [-0.2, -0.15) is 5.10 Å². The SMILES string of the molecule is CCc1ccc(C(=O)N2Cc3cnn(C)c3Nc3ccccc32)cc1. The molecule has 4 rings (SSSR count). The summed E-state index contributed by atoms with van der Waals surface area (Å²) in [5.74, 6) is 0.915. The molecule has 0 spiro atoms. The van der Waals surface area contributed by atoms with Crippen LogP contribution in [-0.2, 0) is 20.0 Å². The number of benzene rings is 2. The van der Waals surface area contributed by atoms with Crippen LogP contribution in [0.4, 0.5) is 17.2 Å². The zero-order chi connectivity index (χ0) is 17.4. The Labute approximate surface area is 146 Å². The first-order chi connectivity index (χ1) is 12.2. The van der Waals surface area contributed by atoms with E-state index in [1.54, 1.807) is 4.68 Å². The van der Waals surface area contributed by atoms with Crippen LogP contribution in [0.5, 0.6) is 0 Å². The number of aryl methyl sites for hydroxylation is 2. The van der Waals surface area contributed by atoms with E-state index < -0.39 is 0 Å². The highest BCUT2D eigenvalue weighted by Gasteiger charge is 2.26. The van der Waals surface area contributed by atoms with Crippen molar-refractivity contribution in [3.05, 3.63) is 71.4 Å². The van der Waals surface area contributed by atoms with E-state index >= 15 is 0 Å². The van der Waals surface area contributed by atoms with Crippen molar-refractivity contribution in [1.29, 1.82) is 0 Å². The van der Waals surface area contributed by atoms with E-state index in [9.17, 15) is 4.79 Å². The molecule has 0 saturated heterocycles. The molecule has 0 atom stereocenters. The second-order valence-electron chi connectivity index (χ2n) is 6.23. The Morgan fingerprint density at radius 2 is 1.92 bits per heavy atom. The van der Waals surface area contributed by atoms with E-state index in [0.717, 1.165) is 29.2 Å². The molecule has 126 valence electrons. The van der Waals surface area contributed by atoms with Crippen LogP contribution in [-0.4, -0.2) is 15.7 Å². The number of hydrogen-bond acceptors (Lipinski definition) is 3.